The van der Waals surface area contributed by atoms with Gasteiger partial charge in [0.15, 0.2) is 6.61 Å². The quantitative estimate of drug-likeness (QED) is 0.447. The Morgan fingerprint density at radius 3 is 2.44 bits per heavy atom. The van der Waals surface area contributed by atoms with Gasteiger partial charge in [0.05, 0.1) is 16.8 Å². The van der Waals surface area contributed by atoms with E-state index in [1.807, 2.05) is 6.92 Å². The number of carbonyl (C=O) groups is 2. The normalized spacial score (nSPS) is 11.3. The first kappa shape index (κ1) is 19.7. The number of hydrogen-bond acceptors (Lipinski definition) is 8. The Kier molecular flexibility index (Phi) is 6.33. The minimum absolute atomic E-state index is 0.0818. The minimum Gasteiger partial charge on any atom is -0.489 e. The molecular formula is C19H19N3O5. The second-order valence-electron chi connectivity index (χ2n) is 5.78. The minimum atomic E-state index is -0.687. The SMILES string of the molecule is C/C(N)=C(\C#N)C(=O)COC(=O)c1ccc(OCc2c(C)noc2C)cc1. The Bertz CT molecular complexity index is 896. The number of ketones is 1. The number of aromatic nitrogens is 1. The first-order chi connectivity index (χ1) is 12.8. The maximum absolute atomic E-state index is 12.0. The summed E-state index contributed by atoms with van der Waals surface area (Å²) >= 11 is 0. The summed E-state index contributed by atoms with van der Waals surface area (Å²) in [6, 6.07) is 7.95. The lowest BCUT2D eigenvalue weighted by Crippen LogP contribution is -2.17. The molecule has 0 spiro atoms. The van der Waals surface area contributed by atoms with E-state index in [0.29, 0.717) is 18.1 Å². The fraction of sp³-hybridized carbons (Fsp3) is 0.263. The van der Waals surface area contributed by atoms with Crippen LogP contribution in [0.1, 0.15) is 34.3 Å². The van der Waals surface area contributed by atoms with Crippen LogP contribution in [0.5, 0.6) is 5.75 Å². The van der Waals surface area contributed by atoms with E-state index >= 15 is 0 Å². The Labute approximate surface area is 156 Å². The van der Waals surface area contributed by atoms with E-state index in [4.69, 9.17) is 25.0 Å². The molecule has 8 nitrogen and oxygen atoms in total. The highest BCUT2D eigenvalue weighted by Crippen LogP contribution is 2.18. The number of Topliss-reactive ketones (excluding diaryl/α,β-unsaturated/α-hetero) is 1. The molecule has 0 aliphatic carbocycles. The van der Waals surface area contributed by atoms with Gasteiger partial charge in [0, 0.05) is 5.70 Å². The number of ether oxygens (including phenoxy) is 2. The predicted molar refractivity (Wildman–Crippen MR) is 94.5 cm³/mol. The van der Waals surface area contributed by atoms with Gasteiger partial charge < -0.3 is 19.7 Å². The van der Waals surface area contributed by atoms with Gasteiger partial charge in [0.1, 0.15) is 29.8 Å². The fourth-order valence-electron chi connectivity index (χ4n) is 2.21. The van der Waals surface area contributed by atoms with Gasteiger partial charge in [-0.1, -0.05) is 5.16 Å². The second-order valence-corrected chi connectivity index (χ2v) is 5.78. The predicted octanol–water partition coefficient (Wildman–Crippen LogP) is 2.35. The van der Waals surface area contributed by atoms with Crippen molar-refractivity contribution in [2.45, 2.75) is 27.4 Å². The van der Waals surface area contributed by atoms with Crippen LogP contribution in [-0.2, 0) is 16.1 Å². The van der Waals surface area contributed by atoms with Crippen LogP contribution >= 0.6 is 0 Å². The summed E-state index contributed by atoms with van der Waals surface area (Å²) in [6.45, 7) is 4.80. The average Bonchev–Trinajstić information content (AvgIpc) is 2.96. The molecule has 2 aromatic rings. The van der Waals surface area contributed by atoms with Crippen molar-refractivity contribution >= 4 is 11.8 Å². The van der Waals surface area contributed by atoms with Gasteiger partial charge in [0.2, 0.25) is 5.78 Å². The lowest BCUT2D eigenvalue weighted by molar-refractivity contribution is -0.118. The zero-order valence-corrected chi connectivity index (χ0v) is 15.2. The second kappa shape index (κ2) is 8.67. The van der Waals surface area contributed by atoms with Crippen LogP contribution in [0.15, 0.2) is 40.1 Å². The molecule has 0 unspecified atom stereocenters. The summed E-state index contributed by atoms with van der Waals surface area (Å²) in [5.74, 6) is -0.0928. The number of nitrogens with zero attached hydrogens (tertiary/aromatic N) is 2. The molecule has 2 rings (SSSR count). The summed E-state index contributed by atoms with van der Waals surface area (Å²) in [5, 5.41) is 12.7. The number of hydrogen-bond donors (Lipinski definition) is 1. The molecule has 0 radical (unpaired) electrons. The molecule has 1 aromatic carbocycles. The topological polar surface area (TPSA) is 128 Å². The summed E-state index contributed by atoms with van der Waals surface area (Å²) in [5.41, 5.74) is 7.18. The number of nitriles is 1. The highest BCUT2D eigenvalue weighted by atomic mass is 16.5. The van der Waals surface area contributed by atoms with Gasteiger partial charge in [-0.05, 0) is 45.0 Å². The summed E-state index contributed by atoms with van der Waals surface area (Å²) in [7, 11) is 0. The summed E-state index contributed by atoms with van der Waals surface area (Å²) in [6.07, 6.45) is 0. The van der Waals surface area contributed by atoms with E-state index in [-0.39, 0.29) is 16.8 Å². The van der Waals surface area contributed by atoms with Crippen molar-refractivity contribution in [3.05, 3.63) is 58.1 Å². The smallest absolute Gasteiger partial charge is 0.338 e. The van der Waals surface area contributed by atoms with Crippen molar-refractivity contribution in [1.82, 2.24) is 5.16 Å². The molecule has 0 amide bonds. The van der Waals surface area contributed by atoms with Crippen LogP contribution in [0.4, 0.5) is 0 Å². The Morgan fingerprint density at radius 1 is 1.26 bits per heavy atom. The Morgan fingerprint density at radius 2 is 1.93 bits per heavy atom. The van der Waals surface area contributed by atoms with Gasteiger partial charge >= 0.3 is 5.97 Å². The first-order valence-corrected chi connectivity index (χ1v) is 8.04. The molecule has 140 valence electrons. The maximum atomic E-state index is 12.0. The van der Waals surface area contributed by atoms with Crippen LogP contribution in [0, 0.1) is 25.2 Å². The van der Waals surface area contributed by atoms with Gasteiger partial charge in [-0.2, -0.15) is 5.26 Å². The number of carbonyl (C=O) groups excluding carboxylic acids is 2. The van der Waals surface area contributed by atoms with Crippen LogP contribution in [0.25, 0.3) is 0 Å². The van der Waals surface area contributed by atoms with Crippen molar-refractivity contribution in [1.29, 1.82) is 5.26 Å². The largest absolute Gasteiger partial charge is 0.489 e. The molecule has 27 heavy (non-hydrogen) atoms. The highest BCUT2D eigenvalue weighted by Gasteiger charge is 2.15. The molecule has 0 saturated heterocycles. The third kappa shape index (κ3) is 4.95. The van der Waals surface area contributed by atoms with Crippen LogP contribution in [0.2, 0.25) is 0 Å². The molecule has 0 fully saturated rings. The summed E-state index contributed by atoms with van der Waals surface area (Å²) in [4.78, 5) is 23.8. The van der Waals surface area contributed by atoms with Crippen molar-refractivity contribution in [2.75, 3.05) is 6.61 Å². The average molecular weight is 369 g/mol. The number of allylic oxidation sites excluding steroid dienone is 1. The monoisotopic (exact) mass is 369 g/mol. The molecule has 8 heteroatoms. The van der Waals surface area contributed by atoms with Crippen molar-refractivity contribution < 1.29 is 23.6 Å². The van der Waals surface area contributed by atoms with Crippen molar-refractivity contribution in [3.8, 4) is 11.8 Å². The van der Waals surface area contributed by atoms with E-state index in [2.05, 4.69) is 5.16 Å². The standard InChI is InChI=1S/C19H19N3O5/c1-11(21)16(8-20)18(23)10-26-19(24)14-4-6-15(7-5-14)25-9-17-12(2)22-27-13(17)3/h4-7H,9-10,21H2,1-3H3/b16-11-. The highest BCUT2D eigenvalue weighted by molar-refractivity contribution is 6.02. The zero-order chi connectivity index (χ0) is 20.0. The van der Waals surface area contributed by atoms with Gasteiger partial charge in [0.25, 0.3) is 0 Å². The molecule has 0 saturated carbocycles. The summed E-state index contributed by atoms with van der Waals surface area (Å²) < 4.78 is 15.6. The number of benzene rings is 1. The zero-order valence-electron chi connectivity index (χ0n) is 15.2. The third-order valence-corrected chi connectivity index (χ3v) is 3.77. The number of rotatable bonds is 7. The van der Waals surface area contributed by atoms with Crippen LogP contribution in [0.3, 0.4) is 0 Å². The van der Waals surface area contributed by atoms with Crippen molar-refractivity contribution in [3.63, 3.8) is 0 Å². The molecule has 1 aromatic heterocycles. The lowest BCUT2D eigenvalue weighted by atomic mass is 10.1. The molecule has 1 heterocycles. The lowest BCUT2D eigenvalue weighted by Gasteiger charge is -2.07. The first-order valence-electron chi connectivity index (χ1n) is 8.04. The number of aryl methyl sites for hydroxylation is 2. The molecule has 0 aliphatic rings. The van der Waals surface area contributed by atoms with Crippen LogP contribution in [-0.4, -0.2) is 23.5 Å². The molecular weight excluding hydrogens is 350 g/mol. The van der Waals surface area contributed by atoms with Crippen LogP contribution < -0.4 is 10.5 Å². The van der Waals surface area contributed by atoms with E-state index in [1.165, 1.54) is 19.1 Å². The number of nitrogens with two attached hydrogens (primary N) is 1. The van der Waals surface area contributed by atoms with E-state index in [0.717, 1.165) is 11.3 Å². The van der Waals surface area contributed by atoms with E-state index in [1.54, 1.807) is 25.1 Å². The van der Waals surface area contributed by atoms with Gasteiger partial charge in [-0.25, -0.2) is 4.79 Å². The van der Waals surface area contributed by atoms with Crippen molar-refractivity contribution in [2.24, 2.45) is 5.73 Å². The molecule has 0 aliphatic heterocycles. The molecule has 2 N–H and O–H groups in total. The number of esters is 1. The maximum Gasteiger partial charge on any atom is 0.338 e. The van der Waals surface area contributed by atoms with E-state index < -0.39 is 18.4 Å². The molecule has 0 atom stereocenters. The Balaban J connectivity index is 1.93. The third-order valence-electron chi connectivity index (χ3n) is 3.77. The van der Waals surface area contributed by atoms with E-state index in [9.17, 15) is 9.59 Å². The fourth-order valence-corrected chi connectivity index (χ4v) is 2.21. The van der Waals surface area contributed by atoms with Gasteiger partial charge in [-0.3, -0.25) is 4.79 Å². The van der Waals surface area contributed by atoms with Gasteiger partial charge in [-0.15, -0.1) is 0 Å². The molecule has 0 bridgehead atoms. The Hall–Kier alpha value is -3.60.